The first-order chi connectivity index (χ1) is 12.3. The average Bonchev–Trinajstić information content (AvgIpc) is 2.96. The number of ether oxygens (including phenoxy) is 1. The minimum Gasteiger partial charge on any atom is -0.508 e. The van der Waals surface area contributed by atoms with Crippen molar-refractivity contribution >= 4 is 17.6 Å². The number of phenolic OH excluding ortho intramolecular Hbond substituents is 1. The Morgan fingerprint density at radius 1 is 1.23 bits per heavy atom. The number of nitrogens with two attached hydrogens (primary N) is 2. The van der Waals surface area contributed by atoms with Gasteiger partial charge in [0.2, 0.25) is 5.82 Å². The van der Waals surface area contributed by atoms with Crippen molar-refractivity contribution in [1.29, 1.82) is 0 Å². The molecule has 0 unspecified atom stereocenters. The number of primary amides is 1. The Hall–Kier alpha value is -3.07. The number of amides is 2. The zero-order chi connectivity index (χ0) is 19.0. The Kier molecular flexibility index (Phi) is 4.56. The number of aromatic nitrogens is 2. The molecule has 1 aliphatic heterocycles. The maximum Gasteiger partial charge on any atom is 0.290 e. The van der Waals surface area contributed by atoms with Gasteiger partial charge in [0.05, 0.1) is 18.9 Å². The van der Waals surface area contributed by atoms with Crippen molar-refractivity contribution < 1.29 is 19.4 Å². The molecule has 2 heterocycles. The maximum atomic E-state index is 13.0. The molecule has 5 N–H and O–H groups in total. The van der Waals surface area contributed by atoms with Crippen molar-refractivity contribution in [3.63, 3.8) is 0 Å². The largest absolute Gasteiger partial charge is 0.508 e. The van der Waals surface area contributed by atoms with Crippen molar-refractivity contribution in [2.45, 2.75) is 13.8 Å². The first-order valence-corrected chi connectivity index (χ1v) is 8.17. The van der Waals surface area contributed by atoms with Crippen LogP contribution in [-0.4, -0.2) is 57.7 Å². The molecule has 26 heavy (non-hydrogen) atoms. The number of benzene rings is 1. The van der Waals surface area contributed by atoms with Crippen LogP contribution in [0.1, 0.15) is 32.2 Å². The van der Waals surface area contributed by atoms with Gasteiger partial charge in [0.15, 0.2) is 5.69 Å². The summed E-state index contributed by atoms with van der Waals surface area (Å²) < 4.78 is 6.66. The summed E-state index contributed by atoms with van der Waals surface area (Å²) in [6, 6.07) is 3.25. The number of carbonyl (C=O) groups is 2. The molecule has 9 heteroatoms. The number of aryl methyl sites for hydroxylation is 1. The summed E-state index contributed by atoms with van der Waals surface area (Å²) in [6.07, 6.45) is 0. The van der Waals surface area contributed by atoms with Crippen molar-refractivity contribution in [2.75, 3.05) is 32.0 Å². The molecule has 0 saturated carbocycles. The molecule has 1 aliphatic rings. The molecule has 138 valence electrons. The lowest BCUT2D eigenvalue weighted by Crippen LogP contribution is -2.41. The number of phenols is 1. The predicted molar refractivity (Wildman–Crippen MR) is 94.4 cm³/mol. The molecular formula is C17H21N5O4. The van der Waals surface area contributed by atoms with Gasteiger partial charge in [-0.2, -0.15) is 0 Å². The smallest absolute Gasteiger partial charge is 0.290 e. The molecule has 2 amide bonds. The molecule has 3 rings (SSSR count). The fourth-order valence-electron chi connectivity index (χ4n) is 3.06. The van der Waals surface area contributed by atoms with Gasteiger partial charge in [0, 0.05) is 18.7 Å². The number of aromatic hydroxyl groups is 1. The predicted octanol–water partition coefficient (Wildman–Crippen LogP) is 0.348. The van der Waals surface area contributed by atoms with Gasteiger partial charge in [-0.3, -0.25) is 14.2 Å². The van der Waals surface area contributed by atoms with Crippen LogP contribution in [0, 0.1) is 13.8 Å². The molecule has 0 atom stereocenters. The SMILES string of the molecule is Cc1ccc(O)c(C)c1-n1c(C(=O)N2CCOCC2)nc(C(N)=O)c1N. The van der Waals surface area contributed by atoms with E-state index in [1.165, 1.54) is 4.57 Å². The van der Waals surface area contributed by atoms with Gasteiger partial charge in [-0.05, 0) is 25.5 Å². The molecule has 2 aromatic rings. The molecule has 0 bridgehead atoms. The lowest BCUT2D eigenvalue weighted by atomic mass is 10.1. The number of hydrogen-bond acceptors (Lipinski definition) is 6. The Labute approximate surface area is 150 Å². The Balaban J connectivity index is 2.23. The molecule has 9 nitrogen and oxygen atoms in total. The Morgan fingerprint density at radius 2 is 1.88 bits per heavy atom. The molecule has 1 fully saturated rings. The van der Waals surface area contributed by atoms with Gasteiger partial charge in [-0.25, -0.2) is 4.98 Å². The number of carbonyl (C=O) groups excluding carboxylic acids is 2. The van der Waals surface area contributed by atoms with Crippen molar-refractivity contribution in [2.24, 2.45) is 5.73 Å². The van der Waals surface area contributed by atoms with E-state index in [4.69, 9.17) is 16.2 Å². The van der Waals surface area contributed by atoms with E-state index in [0.29, 0.717) is 37.6 Å². The van der Waals surface area contributed by atoms with Gasteiger partial charge in [0.1, 0.15) is 11.6 Å². The zero-order valence-electron chi connectivity index (χ0n) is 14.7. The van der Waals surface area contributed by atoms with Crippen LogP contribution in [0.3, 0.4) is 0 Å². The van der Waals surface area contributed by atoms with Crippen molar-refractivity contribution in [1.82, 2.24) is 14.5 Å². The van der Waals surface area contributed by atoms with E-state index in [1.54, 1.807) is 24.0 Å². The summed E-state index contributed by atoms with van der Waals surface area (Å²) in [6.45, 7) is 5.19. The van der Waals surface area contributed by atoms with Gasteiger partial charge in [-0.1, -0.05) is 6.07 Å². The number of rotatable bonds is 3. The summed E-state index contributed by atoms with van der Waals surface area (Å²) in [5, 5.41) is 10.1. The summed E-state index contributed by atoms with van der Waals surface area (Å²) in [7, 11) is 0. The lowest BCUT2D eigenvalue weighted by Gasteiger charge is -2.27. The average molecular weight is 359 g/mol. The molecular weight excluding hydrogens is 338 g/mol. The number of morpholine rings is 1. The lowest BCUT2D eigenvalue weighted by molar-refractivity contribution is 0.0293. The number of nitrogens with zero attached hydrogens (tertiary/aromatic N) is 3. The van der Waals surface area contributed by atoms with Crippen LogP contribution in [0.25, 0.3) is 5.69 Å². The monoisotopic (exact) mass is 359 g/mol. The summed E-state index contributed by atoms with van der Waals surface area (Å²) >= 11 is 0. The minimum atomic E-state index is -0.826. The number of hydrogen-bond donors (Lipinski definition) is 3. The zero-order valence-corrected chi connectivity index (χ0v) is 14.7. The van der Waals surface area contributed by atoms with Crippen molar-refractivity contribution in [3.8, 4) is 11.4 Å². The maximum absolute atomic E-state index is 13.0. The van der Waals surface area contributed by atoms with E-state index in [9.17, 15) is 14.7 Å². The Morgan fingerprint density at radius 3 is 2.50 bits per heavy atom. The number of nitrogen functional groups attached to an aromatic ring is 1. The quantitative estimate of drug-likeness (QED) is 0.723. The van der Waals surface area contributed by atoms with E-state index >= 15 is 0 Å². The second kappa shape index (κ2) is 6.68. The second-order valence-electron chi connectivity index (χ2n) is 6.15. The van der Waals surface area contributed by atoms with Gasteiger partial charge >= 0.3 is 0 Å². The molecule has 1 aromatic carbocycles. The summed E-state index contributed by atoms with van der Waals surface area (Å²) in [5.74, 6) is -1.22. The van der Waals surface area contributed by atoms with Gasteiger partial charge in [0.25, 0.3) is 11.8 Å². The fraction of sp³-hybridized carbons (Fsp3) is 0.353. The van der Waals surface area contributed by atoms with E-state index < -0.39 is 5.91 Å². The van der Waals surface area contributed by atoms with Crippen molar-refractivity contribution in [3.05, 3.63) is 34.8 Å². The topological polar surface area (TPSA) is 137 Å². The van der Waals surface area contributed by atoms with Crippen LogP contribution in [0.2, 0.25) is 0 Å². The second-order valence-corrected chi connectivity index (χ2v) is 6.15. The van der Waals surface area contributed by atoms with Crippen LogP contribution in [0.4, 0.5) is 5.82 Å². The third-order valence-electron chi connectivity index (χ3n) is 4.46. The fourth-order valence-corrected chi connectivity index (χ4v) is 3.06. The van der Waals surface area contributed by atoms with Gasteiger partial charge in [-0.15, -0.1) is 0 Å². The van der Waals surface area contributed by atoms with E-state index in [2.05, 4.69) is 4.98 Å². The Bertz CT molecular complexity index is 884. The standard InChI is InChI=1S/C17H21N5O4/c1-9-3-4-11(23)10(2)13(9)22-14(18)12(15(19)24)20-16(22)17(25)21-5-7-26-8-6-21/h3-4,23H,5-8,18H2,1-2H3,(H2,19,24). The molecule has 0 radical (unpaired) electrons. The summed E-state index contributed by atoms with van der Waals surface area (Å²) in [5.41, 5.74) is 13.1. The van der Waals surface area contributed by atoms with E-state index in [-0.39, 0.29) is 29.0 Å². The van der Waals surface area contributed by atoms with Crippen LogP contribution in [-0.2, 0) is 4.74 Å². The molecule has 0 spiro atoms. The highest BCUT2D eigenvalue weighted by atomic mass is 16.5. The molecule has 1 aromatic heterocycles. The third-order valence-corrected chi connectivity index (χ3v) is 4.46. The molecule has 1 saturated heterocycles. The third kappa shape index (κ3) is 2.86. The van der Waals surface area contributed by atoms with Crippen LogP contribution >= 0.6 is 0 Å². The first kappa shape index (κ1) is 17.7. The molecule has 0 aliphatic carbocycles. The highest BCUT2D eigenvalue weighted by Gasteiger charge is 2.30. The first-order valence-electron chi connectivity index (χ1n) is 8.17. The highest BCUT2D eigenvalue weighted by molar-refractivity contribution is 6.00. The van der Waals surface area contributed by atoms with Crippen LogP contribution in [0.5, 0.6) is 5.75 Å². The minimum absolute atomic E-state index is 0.0185. The normalized spacial score (nSPS) is 14.5. The van der Waals surface area contributed by atoms with Crippen LogP contribution in [0.15, 0.2) is 12.1 Å². The number of anilines is 1. The van der Waals surface area contributed by atoms with E-state index in [0.717, 1.165) is 5.56 Å². The van der Waals surface area contributed by atoms with Crippen LogP contribution < -0.4 is 11.5 Å². The van der Waals surface area contributed by atoms with E-state index in [1.807, 2.05) is 6.92 Å². The summed E-state index contributed by atoms with van der Waals surface area (Å²) in [4.78, 5) is 30.4. The van der Waals surface area contributed by atoms with Gasteiger partial charge < -0.3 is 26.2 Å². The number of imidazole rings is 1. The highest BCUT2D eigenvalue weighted by Crippen LogP contribution is 2.31.